The Labute approximate surface area is 113 Å². The van der Waals surface area contributed by atoms with Gasteiger partial charge in [0.15, 0.2) is 0 Å². The molecule has 0 aliphatic carbocycles. The Bertz CT molecular complexity index is 126. The van der Waals surface area contributed by atoms with Crippen LogP contribution < -0.4 is 5.32 Å². The van der Waals surface area contributed by atoms with Crippen LogP contribution in [0.1, 0.15) is 70.6 Å². The van der Waals surface area contributed by atoms with Crippen LogP contribution in [-0.4, -0.2) is 36.5 Å². The molecule has 0 unspecified atom stereocenters. The Hall–Kier alpha value is -0.120. The average Bonchev–Trinajstić information content (AvgIpc) is 2.39. The minimum absolute atomic E-state index is 0.344. The van der Waals surface area contributed by atoms with Crippen LogP contribution in [0.5, 0.6) is 0 Å². The summed E-state index contributed by atoms with van der Waals surface area (Å²) in [6, 6.07) is 0. The standard InChI is InChI=1S/C15H33NO2/c17-14-10-6-2-1-4-8-12-16-13-9-5-3-7-11-15-18/h16-18H,1-15H2. The van der Waals surface area contributed by atoms with Crippen LogP contribution in [0.4, 0.5) is 0 Å². The number of unbranched alkanes of at least 4 members (excludes halogenated alkanes) is 9. The molecular formula is C15H33NO2. The number of rotatable bonds is 15. The van der Waals surface area contributed by atoms with Gasteiger partial charge in [0.05, 0.1) is 0 Å². The Morgan fingerprint density at radius 3 is 1.17 bits per heavy atom. The number of hydrogen-bond donors (Lipinski definition) is 3. The van der Waals surface area contributed by atoms with Crippen molar-refractivity contribution < 1.29 is 10.2 Å². The van der Waals surface area contributed by atoms with Crippen LogP contribution in [0.3, 0.4) is 0 Å². The van der Waals surface area contributed by atoms with Crippen LogP contribution >= 0.6 is 0 Å². The Balaban J connectivity index is 2.86. The molecule has 18 heavy (non-hydrogen) atoms. The molecule has 3 N–H and O–H groups in total. The van der Waals surface area contributed by atoms with Crippen molar-refractivity contribution in [3.05, 3.63) is 0 Å². The van der Waals surface area contributed by atoms with Gasteiger partial charge in [-0.25, -0.2) is 0 Å². The van der Waals surface area contributed by atoms with Crippen molar-refractivity contribution in [2.45, 2.75) is 70.6 Å². The van der Waals surface area contributed by atoms with E-state index in [-0.39, 0.29) is 0 Å². The third-order valence-corrected chi connectivity index (χ3v) is 3.27. The van der Waals surface area contributed by atoms with E-state index in [4.69, 9.17) is 10.2 Å². The first kappa shape index (κ1) is 17.9. The third-order valence-electron chi connectivity index (χ3n) is 3.27. The van der Waals surface area contributed by atoms with E-state index in [0.29, 0.717) is 13.2 Å². The van der Waals surface area contributed by atoms with E-state index in [1.807, 2.05) is 0 Å². The largest absolute Gasteiger partial charge is 0.396 e. The van der Waals surface area contributed by atoms with E-state index in [1.165, 1.54) is 57.8 Å². The van der Waals surface area contributed by atoms with Gasteiger partial charge in [0.1, 0.15) is 0 Å². The van der Waals surface area contributed by atoms with Gasteiger partial charge >= 0.3 is 0 Å². The van der Waals surface area contributed by atoms with E-state index < -0.39 is 0 Å². The second kappa shape index (κ2) is 16.9. The smallest absolute Gasteiger partial charge is 0.0431 e. The second-order valence-corrected chi connectivity index (χ2v) is 5.09. The van der Waals surface area contributed by atoms with Crippen molar-refractivity contribution in [1.82, 2.24) is 5.32 Å². The van der Waals surface area contributed by atoms with Crippen LogP contribution in [-0.2, 0) is 0 Å². The summed E-state index contributed by atoms with van der Waals surface area (Å²) in [6.45, 7) is 2.98. The highest BCUT2D eigenvalue weighted by Crippen LogP contribution is 2.04. The number of aliphatic hydroxyl groups is 2. The number of nitrogens with one attached hydrogen (secondary N) is 1. The number of hydrogen-bond acceptors (Lipinski definition) is 3. The van der Waals surface area contributed by atoms with Gasteiger partial charge in [0, 0.05) is 13.2 Å². The first-order chi connectivity index (χ1) is 8.91. The average molecular weight is 259 g/mol. The number of aliphatic hydroxyl groups excluding tert-OH is 2. The zero-order valence-electron chi connectivity index (χ0n) is 12.0. The van der Waals surface area contributed by atoms with Crippen molar-refractivity contribution in [1.29, 1.82) is 0 Å². The highest BCUT2D eigenvalue weighted by atomic mass is 16.3. The van der Waals surface area contributed by atoms with Crippen molar-refractivity contribution in [3.8, 4) is 0 Å². The molecule has 0 heterocycles. The fourth-order valence-electron chi connectivity index (χ4n) is 2.09. The predicted molar refractivity (Wildman–Crippen MR) is 77.8 cm³/mol. The van der Waals surface area contributed by atoms with Crippen LogP contribution in [0.15, 0.2) is 0 Å². The molecule has 110 valence electrons. The van der Waals surface area contributed by atoms with Crippen molar-refractivity contribution in [2.24, 2.45) is 0 Å². The monoisotopic (exact) mass is 259 g/mol. The van der Waals surface area contributed by atoms with Gasteiger partial charge in [-0.05, 0) is 38.8 Å². The summed E-state index contributed by atoms with van der Waals surface area (Å²) in [5.74, 6) is 0. The lowest BCUT2D eigenvalue weighted by molar-refractivity contribution is 0.282. The van der Waals surface area contributed by atoms with Crippen LogP contribution in [0.25, 0.3) is 0 Å². The molecule has 0 aromatic heterocycles. The third kappa shape index (κ3) is 15.9. The van der Waals surface area contributed by atoms with E-state index in [2.05, 4.69) is 5.32 Å². The predicted octanol–water partition coefficient (Wildman–Crippen LogP) is 2.85. The summed E-state index contributed by atoms with van der Waals surface area (Å²) < 4.78 is 0. The zero-order valence-corrected chi connectivity index (χ0v) is 12.0. The fraction of sp³-hybridized carbons (Fsp3) is 1.00. The molecule has 0 aromatic rings. The molecule has 0 radical (unpaired) electrons. The zero-order chi connectivity index (χ0) is 13.3. The summed E-state index contributed by atoms with van der Waals surface area (Å²) in [7, 11) is 0. The van der Waals surface area contributed by atoms with Crippen LogP contribution in [0, 0.1) is 0 Å². The minimum Gasteiger partial charge on any atom is -0.396 e. The molecule has 0 aliphatic heterocycles. The Kier molecular flexibility index (Phi) is 16.8. The Morgan fingerprint density at radius 1 is 0.444 bits per heavy atom. The summed E-state index contributed by atoms with van der Waals surface area (Å²) in [5.41, 5.74) is 0. The molecule has 0 rings (SSSR count). The topological polar surface area (TPSA) is 52.5 Å². The molecule has 0 saturated heterocycles. The molecule has 0 bridgehead atoms. The summed E-state index contributed by atoms with van der Waals surface area (Å²) in [4.78, 5) is 0. The lowest BCUT2D eigenvalue weighted by Gasteiger charge is -2.05. The summed E-state index contributed by atoms with van der Waals surface area (Å²) >= 11 is 0. The highest BCUT2D eigenvalue weighted by molar-refractivity contribution is 4.51. The quantitative estimate of drug-likeness (QED) is 0.396. The van der Waals surface area contributed by atoms with Crippen molar-refractivity contribution >= 4 is 0 Å². The van der Waals surface area contributed by atoms with Gasteiger partial charge in [-0.15, -0.1) is 0 Å². The maximum absolute atomic E-state index is 8.64. The van der Waals surface area contributed by atoms with E-state index in [1.54, 1.807) is 0 Å². The molecule has 3 nitrogen and oxygen atoms in total. The molecule has 0 saturated carbocycles. The van der Waals surface area contributed by atoms with E-state index in [0.717, 1.165) is 25.9 Å². The van der Waals surface area contributed by atoms with Gasteiger partial charge in [-0.3, -0.25) is 0 Å². The molecular weight excluding hydrogens is 226 g/mol. The molecule has 0 spiro atoms. The lowest BCUT2D eigenvalue weighted by Crippen LogP contribution is -2.16. The van der Waals surface area contributed by atoms with E-state index >= 15 is 0 Å². The first-order valence-electron chi connectivity index (χ1n) is 7.84. The lowest BCUT2D eigenvalue weighted by atomic mass is 10.1. The molecule has 0 aliphatic rings. The molecule has 0 amide bonds. The fourth-order valence-corrected chi connectivity index (χ4v) is 2.09. The van der Waals surface area contributed by atoms with Crippen molar-refractivity contribution in [3.63, 3.8) is 0 Å². The summed E-state index contributed by atoms with van der Waals surface area (Å²) in [5, 5.41) is 20.8. The van der Waals surface area contributed by atoms with Gasteiger partial charge < -0.3 is 15.5 Å². The maximum atomic E-state index is 8.64. The highest BCUT2D eigenvalue weighted by Gasteiger charge is 1.92. The Morgan fingerprint density at radius 2 is 0.778 bits per heavy atom. The van der Waals surface area contributed by atoms with Crippen molar-refractivity contribution in [2.75, 3.05) is 26.3 Å². The molecule has 3 heteroatoms. The van der Waals surface area contributed by atoms with Crippen LogP contribution in [0.2, 0.25) is 0 Å². The first-order valence-corrected chi connectivity index (χ1v) is 7.84. The second-order valence-electron chi connectivity index (χ2n) is 5.09. The maximum Gasteiger partial charge on any atom is 0.0431 e. The van der Waals surface area contributed by atoms with Gasteiger partial charge in [0.25, 0.3) is 0 Å². The van der Waals surface area contributed by atoms with Gasteiger partial charge in [-0.2, -0.15) is 0 Å². The minimum atomic E-state index is 0.344. The molecule has 0 fully saturated rings. The molecule has 0 aromatic carbocycles. The molecule has 0 atom stereocenters. The van der Waals surface area contributed by atoms with E-state index in [9.17, 15) is 0 Å². The SMILES string of the molecule is OCCCCCCCCNCCCCCCCO. The summed E-state index contributed by atoms with van der Waals surface area (Å²) in [6.07, 6.45) is 13.3. The van der Waals surface area contributed by atoms with Gasteiger partial charge in [0.2, 0.25) is 0 Å². The van der Waals surface area contributed by atoms with Gasteiger partial charge in [-0.1, -0.05) is 44.9 Å². The normalized spacial score (nSPS) is 11.0.